The number of carbonyl (C=O) groups excluding carboxylic acids is 1. The van der Waals surface area contributed by atoms with Crippen molar-refractivity contribution in [2.24, 2.45) is 0 Å². The molecular weight excluding hydrogens is 200 g/mol. The monoisotopic (exact) mass is 218 g/mol. The number of urea groups is 1. The number of hydrogen-bond donors (Lipinski definition) is 2. The Bertz CT molecular complexity index is 374. The molecule has 0 aromatic heterocycles. The molecule has 1 atom stereocenters. The van der Waals surface area contributed by atoms with Gasteiger partial charge in [0.05, 0.1) is 6.04 Å². The average Bonchev–Trinajstić information content (AvgIpc) is 2.26. The van der Waals surface area contributed by atoms with Crippen molar-refractivity contribution in [3.8, 4) is 0 Å². The summed E-state index contributed by atoms with van der Waals surface area (Å²) in [6, 6.07) is 7.86. The molecule has 0 saturated heterocycles. The number of hydrogen-bond acceptors (Lipinski definition) is 1. The molecule has 16 heavy (non-hydrogen) atoms. The molecule has 0 bridgehead atoms. The van der Waals surface area contributed by atoms with Crippen LogP contribution in [0.1, 0.15) is 24.1 Å². The average molecular weight is 218 g/mol. The molecule has 0 aliphatic rings. The predicted octanol–water partition coefficient (Wildman–Crippen LogP) is 2.54. The zero-order valence-corrected chi connectivity index (χ0v) is 9.79. The van der Waals surface area contributed by atoms with Crippen LogP contribution in [-0.4, -0.2) is 12.6 Å². The van der Waals surface area contributed by atoms with E-state index in [1.54, 1.807) is 6.08 Å². The molecule has 0 heterocycles. The molecule has 2 amide bonds. The Balaban J connectivity index is 2.58. The SMILES string of the molecule is C=CCNC(=O)N[C@@H](C)c1ccccc1C. The Morgan fingerprint density at radius 3 is 2.81 bits per heavy atom. The van der Waals surface area contributed by atoms with E-state index in [2.05, 4.69) is 17.2 Å². The molecule has 1 aromatic carbocycles. The largest absolute Gasteiger partial charge is 0.335 e. The van der Waals surface area contributed by atoms with Gasteiger partial charge in [-0.3, -0.25) is 0 Å². The zero-order chi connectivity index (χ0) is 12.0. The van der Waals surface area contributed by atoms with Gasteiger partial charge in [0.25, 0.3) is 0 Å². The van der Waals surface area contributed by atoms with Gasteiger partial charge in [-0.2, -0.15) is 0 Å². The number of carbonyl (C=O) groups is 1. The summed E-state index contributed by atoms with van der Waals surface area (Å²) in [4.78, 5) is 11.4. The van der Waals surface area contributed by atoms with E-state index in [-0.39, 0.29) is 12.1 Å². The van der Waals surface area contributed by atoms with E-state index in [9.17, 15) is 4.79 Å². The summed E-state index contributed by atoms with van der Waals surface area (Å²) in [5, 5.41) is 5.56. The van der Waals surface area contributed by atoms with Crippen molar-refractivity contribution in [2.75, 3.05) is 6.54 Å². The molecular formula is C13H18N2O. The summed E-state index contributed by atoms with van der Waals surface area (Å²) in [6.45, 7) is 8.03. The highest BCUT2D eigenvalue weighted by Crippen LogP contribution is 2.16. The molecule has 1 aromatic rings. The highest BCUT2D eigenvalue weighted by Gasteiger charge is 2.09. The minimum atomic E-state index is -0.171. The number of benzene rings is 1. The summed E-state index contributed by atoms with van der Waals surface area (Å²) in [6.07, 6.45) is 1.65. The third kappa shape index (κ3) is 3.42. The van der Waals surface area contributed by atoms with Crippen LogP contribution in [0.4, 0.5) is 4.79 Å². The summed E-state index contributed by atoms with van der Waals surface area (Å²) < 4.78 is 0. The second-order valence-electron chi connectivity index (χ2n) is 3.72. The molecule has 2 N–H and O–H groups in total. The predicted molar refractivity (Wildman–Crippen MR) is 66.3 cm³/mol. The van der Waals surface area contributed by atoms with E-state index >= 15 is 0 Å². The maximum absolute atomic E-state index is 11.4. The van der Waals surface area contributed by atoms with Gasteiger partial charge in [-0.15, -0.1) is 6.58 Å². The van der Waals surface area contributed by atoms with Gasteiger partial charge in [0.2, 0.25) is 0 Å². The minimum absolute atomic E-state index is 0.00557. The lowest BCUT2D eigenvalue weighted by Crippen LogP contribution is -2.37. The molecule has 0 radical (unpaired) electrons. The van der Waals surface area contributed by atoms with Crippen molar-refractivity contribution in [2.45, 2.75) is 19.9 Å². The van der Waals surface area contributed by atoms with Crippen LogP contribution in [0, 0.1) is 6.92 Å². The van der Waals surface area contributed by atoms with Crippen molar-refractivity contribution in [1.29, 1.82) is 0 Å². The smallest absolute Gasteiger partial charge is 0.315 e. The lowest BCUT2D eigenvalue weighted by Gasteiger charge is -2.16. The molecule has 3 heteroatoms. The first-order chi connectivity index (χ1) is 7.65. The Labute approximate surface area is 96.6 Å². The van der Waals surface area contributed by atoms with Crippen LogP contribution in [0.15, 0.2) is 36.9 Å². The number of rotatable bonds is 4. The summed E-state index contributed by atoms with van der Waals surface area (Å²) in [5.41, 5.74) is 2.32. The van der Waals surface area contributed by atoms with Gasteiger partial charge < -0.3 is 10.6 Å². The Hall–Kier alpha value is -1.77. The Morgan fingerprint density at radius 1 is 1.50 bits per heavy atom. The first kappa shape index (κ1) is 12.3. The molecule has 0 unspecified atom stereocenters. The Morgan fingerprint density at radius 2 is 2.19 bits per heavy atom. The van der Waals surface area contributed by atoms with E-state index < -0.39 is 0 Å². The normalized spacial score (nSPS) is 11.6. The molecule has 3 nitrogen and oxygen atoms in total. The van der Waals surface area contributed by atoms with E-state index in [0.29, 0.717) is 6.54 Å². The quantitative estimate of drug-likeness (QED) is 0.749. The summed E-state index contributed by atoms with van der Waals surface area (Å²) in [7, 11) is 0. The van der Waals surface area contributed by atoms with Crippen molar-refractivity contribution in [3.05, 3.63) is 48.0 Å². The molecule has 0 aliphatic heterocycles. The van der Waals surface area contributed by atoms with Crippen molar-refractivity contribution >= 4 is 6.03 Å². The van der Waals surface area contributed by atoms with Crippen LogP contribution in [0.3, 0.4) is 0 Å². The fourth-order valence-electron chi connectivity index (χ4n) is 1.56. The van der Waals surface area contributed by atoms with Crippen molar-refractivity contribution in [3.63, 3.8) is 0 Å². The third-order valence-corrected chi connectivity index (χ3v) is 2.41. The summed E-state index contributed by atoms with van der Waals surface area (Å²) in [5.74, 6) is 0. The highest BCUT2D eigenvalue weighted by molar-refractivity contribution is 5.74. The maximum atomic E-state index is 11.4. The highest BCUT2D eigenvalue weighted by atomic mass is 16.2. The number of aryl methyl sites for hydroxylation is 1. The third-order valence-electron chi connectivity index (χ3n) is 2.41. The van der Waals surface area contributed by atoms with Gasteiger partial charge in [-0.25, -0.2) is 4.79 Å². The van der Waals surface area contributed by atoms with Gasteiger partial charge in [-0.05, 0) is 25.0 Å². The van der Waals surface area contributed by atoms with Crippen LogP contribution in [0.25, 0.3) is 0 Å². The minimum Gasteiger partial charge on any atom is -0.335 e. The van der Waals surface area contributed by atoms with E-state index in [1.807, 2.05) is 38.1 Å². The molecule has 1 rings (SSSR count). The van der Waals surface area contributed by atoms with E-state index in [4.69, 9.17) is 0 Å². The van der Waals surface area contributed by atoms with Crippen LogP contribution in [-0.2, 0) is 0 Å². The second kappa shape index (κ2) is 5.95. The first-order valence-corrected chi connectivity index (χ1v) is 5.36. The first-order valence-electron chi connectivity index (χ1n) is 5.36. The van der Waals surface area contributed by atoms with Crippen molar-refractivity contribution in [1.82, 2.24) is 10.6 Å². The maximum Gasteiger partial charge on any atom is 0.315 e. The lowest BCUT2D eigenvalue weighted by atomic mass is 10.0. The molecule has 0 spiro atoms. The lowest BCUT2D eigenvalue weighted by molar-refractivity contribution is 0.239. The van der Waals surface area contributed by atoms with Crippen LogP contribution in [0.5, 0.6) is 0 Å². The van der Waals surface area contributed by atoms with Gasteiger partial charge in [-0.1, -0.05) is 30.3 Å². The van der Waals surface area contributed by atoms with Gasteiger partial charge in [0.1, 0.15) is 0 Å². The number of amides is 2. The fourth-order valence-corrected chi connectivity index (χ4v) is 1.56. The summed E-state index contributed by atoms with van der Waals surface area (Å²) >= 11 is 0. The molecule has 86 valence electrons. The van der Waals surface area contributed by atoms with Crippen LogP contribution in [0.2, 0.25) is 0 Å². The van der Waals surface area contributed by atoms with Crippen LogP contribution < -0.4 is 10.6 Å². The van der Waals surface area contributed by atoms with Crippen molar-refractivity contribution < 1.29 is 4.79 Å². The Kier molecular flexibility index (Phi) is 4.58. The van der Waals surface area contributed by atoms with Gasteiger partial charge >= 0.3 is 6.03 Å². The fraction of sp³-hybridized carbons (Fsp3) is 0.308. The molecule has 0 fully saturated rings. The zero-order valence-electron chi connectivity index (χ0n) is 9.79. The van der Waals surface area contributed by atoms with Gasteiger partial charge in [0.15, 0.2) is 0 Å². The number of nitrogens with one attached hydrogen (secondary N) is 2. The van der Waals surface area contributed by atoms with E-state index in [1.165, 1.54) is 5.56 Å². The standard InChI is InChI=1S/C13H18N2O/c1-4-9-14-13(16)15-11(3)12-8-6-5-7-10(12)2/h4-8,11H,1,9H2,2-3H3,(H2,14,15,16)/t11-/m0/s1. The molecule has 0 aliphatic carbocycles. The van der Waals surface area contributed by atoms with Gasteiger partial charge in [0, 0.05) is 6.54 Å². The molecule has 0 saturated carbocycles. The topological polar surface area (TPSA) is 41.1 Å². The van der Waals surface area contributed by atoms with E-state index in [0.717, 1.165) is 5.56 Å². The second-order valence-corrected chi connectivity index (χ2v) is 3.72. The van der Waals surface area contributed by atoms with Crippen LogP contribution >= 0.6 is 0 Å².